The van der Waals surface area contributed by atoms with Crippen LogP contribution in [0, 0.1) is 17.0 Å². The first kappa shape index (κ1) is 13.0. The summed E-state index contributed by atoms with van der Waals surface area (Å²) in [4.78, 5) is 10.5. The van der Waals surface area contributed by atoms with Gasteiger partial charge in [-0.25, -0.2) is 5.43 Å². The van der Waals surface area contributed by atoms with Crippen LogP contribution >= 0.6 is 0 Å². The predicted molar refractivity (Wildman–Crippen MR) is 74.7 cm³/mol. The number of rotatable bonds is 5. The van der Waals surface area contributed by atoms with Gasteiger partial charge < -0.3 is 5.43 Å². The lowest BCUT2D eigenvalue weighted by Crippen LogP contribution is -2.20. The van der Waals surface area contributed by atoms with E-state index in [4.69, 9.17) is 0 Å². The maximum Gasteiger partial charge on any atom is 0.272 e. The normalized spacial score (nSPS) is 10.2. The molecule has 19 heavy (non-hydrogen) atoms. The minimum absolute atomic E-state index is 0.152. The van der Waals surface area contributed by atoms with Gasteiger partial charge in [0.2, 0.25) is 0 Å². The number of anilines is 1. The molecule has 0 aromatic heterocycles. The van der Waals surface area contributed by atoms with Gasteiger partial charge in [0, 0.05) is 23.9 Å². The fourth-order valence-corrected chi connectivity index (χ4v) is 1.73. The monoisotopic (exact) mass is 257 g/mol. The standard InChI is InChI=1S/C14H15N3O2/c1-11-7-8-12(9-14(11)17(18)19)10-15-16-13-5-3-2-4-6-13/h2-9,15-16H,10H2,1H3. The first-order chi connectivity index (χ1) is 9.16. The smallest absolute Gasteiger partial charge is 0.272 e. The van der Waals surface area contributed by atoms with Crippen LogP contribution in [0.4, 0.5) is 11.4 Å². The molecule has 0 aliphatic carbocycles. The summed E-state index contributed by atoms with van der Waals surface area (Å²) in [5.74, 6) is 0. The van der Waals surface area contributed by atoms with E-state index in [9.17, 15) is 10.1 Å². The lowest BCUT2D eigenvalue weighted by atomic mass is 10.1. The van der Waals surface area contributed by atoms with Crippen molar-refractivity contribution in [2.45, 2.75) is 13.5 Å². The van der Waals surface area contributed by atoms with E-state index in [1.165, 1.54) is 0 Å². The summed E-state index contributed by atoms with van der Waals surface area (Å²) in [6.07, 6.45) is 0. The number of hydrogen-bond donors (Lipinski definition) is 2. The van der Waals surface area contributed by atoms with Crippen molar-refractivity contribution in [3.63, 3.8) is 0 Å². The Kier molecular flexibility index (Phi) is 4.10. The van der Waals surface area contributed by atoms with Crippen molar-refractivity contribution < 1.29 is 4.92 Å². The van der Waals surface area contributed by atoms with E-state index in [0.717, 1.165) is 11.3 Å². The van der Waals surface area contributed by atoms with Crippen molar-refractivity contribution in [2.75, 3.05) is 5.43 Å². The largest absolute Gasteiger partial charge is 0.321 e. The Morgan fingerprint density at radius 1 is 1.16 bits per heavy atom. The summed E-state index contributed by atoms with van der Waals surface area (Å²) in [5, 5.41) is 10.8. The Hall–Kier alpha value is -2.40. The number of nitro groups is 1. The van der Waals surface area contributed by atoms with E-state index < -0.39 is 0 Å². The minimum atomic E-state index is -0.358. The van der Waals surface area contributed by atoms with Crippen molar-refractivity contribution in [1.82, 2.24) is 5.43 Å². The Balaban J connectivity index is 1.97. The van der Waals surface area contributed by atoms with Crippen LogP contribution in [0.2, 0.25) is 0 Å². The molecule has 5 nitrogen and oxygen atoms in total. The summed E-state index contributed by atoms with van der Waals surface area (Å²) >= 11 is 0. The van der Waals surface area contributed by atoms with Gasteiger partial charge in [-0.3, -0.25) is 10.1 Å². The molecule has 0 aliphatic rings. The zero-order valence-electron chi connectivity index (χ0n) is 10.6. The molecule has 0 fully saturated rings. The average Bonchev–Trinajstić information content (AvgIpc) is 2.41. The lowest BCUT2D eigenvalue weighted by molar-refractivity contribution is -0.385. The summed E-state index contributed by atoms with van der Waals surface area (Å²) in [5.41, 5.74) is 8.70. The van der Waals surface area contributed by atoms with Gasteiger partial charge in [-0.05, 0) is 24.6 Å². The molecule has 0 spiro atoms. The molecule has 0 unspecified atom stereocenters. The fraction of sp³-hybridized carbons (Fsp3) is 0.143. The molecular weight excluding hydrogens is 242 g/mol. The second kappa shape index (κ2) is 5.97. The van der Waals surface area contributed by atoms with E-state index in [0.29, 0.717) is 12.1 Å². The average molecular weight is 257 g/mol. The van der Waals surface area contributed by atoms with Crippen LogP contribution in [0.15, 0.2) is 48.5 Å². The highest BCUT2D eigenvalue weighted by atomic mass is 16.6. The van der Waals surface area contributed by atoms with Gasteiger partial charge in [-0.15, -0.1) is 0 Å². The maximum atomic E-state index is 10.8. The molecule has 0 amide bonds. The molecule has 0 heterocycles. The SMILES string of the molecule is Cc1ccc(CNNc2ccccc2)cc1[N+](=O)[O-]. The summed E-state index contributed by atoms with van der Waals surface area (Å²) in [6.45, 7) is 2.24. The molecule has 98 valence electrons. The van der Waals surface area contributed by atoms with Crippen molar-refractivity contribution in [3.05, 3.63) is 69.8 Å². The Morgan fingerprint density at radius 3 is 2.58 bits per heavy atom. The molecule has 2 aromatic rings. The number of nitrogens with one attached hydrogen (secondary N) is 2. The van der Waals surface area contributed by atoms with E-state index in [1.54, 1.807) is 19.1 Å². The van der Waals surface area contributed by atoms with Gasteiger partial charge in [0.15, 0.2) is 0 Å². The van der Waals surface area contributed by atoms with Gasteiger partial charge >= 0.3 is 0 Å². The van der Waals surface area contributed by atoms with Crippen LogP contribution in [-0.4, -0.2) is 4.92 Å². The van der Waals surface area contributed by atoms with Gasteiger partial charge in [-0.1, -0.05) is 30.3 Å². The molecule has 0 aliphatic heterocycles. The van der Waals surface area contributed by atoms with Crippen LogP contribution in [0.1, 0.15) is 11.1 Å². The first-order valence-electron chi connectivity index (χ1n) is 5.94. The molecule has 0 atom stereocenters. The van der Waals surface area contributed by atoms with Crippen LogP contribution in [0.5, 0.6) is 0 Å². The molecule has 0 radical (unpaired) electrons. The van der Waals surface area contributed by atoms with Crippen LogP contribution < -0.4 is 10.9 Å². The van der Waals surface area contributed by atoms with Crippen molar-refractivity contribution >= 4 is 11.4 Å². The predicted octanol–water partition coefficient (Wildman–Crippen LogP) is 3.02. The molecule has 2 N–H and O–H groups in total. The van der Waals surface area contributed by atoms with Gasteiger partial charge in [0.1, 0.15) is 0 Å². The van der Waals surface area contributed by atoms with Gasteiger partial charge in [-0.2, -0.15) is 0 Å². The number of hydrazine groups is 1. The van der Waals surface area contributed by atoms with Crippen molar-refractivity contribution in [2.24, 2.45) is 0 Å². The van der Waals surface area contributed by atoms with Gasteiger partial charge in [0.05, 0.1) is 4.92 Å². The third kappa shape index (κ3) is 3.53. The second-order valence-corrected chi connectivity index (χ2v) is 4.22. The van der Waals surface area contributed by atoms with E-state index in [2.05, 4.69) is 10.9 Å². The Morgan fingerprint density at radius 2 is 1.89 bits per heavy atom. The van der Waals surface area contributed by atoms with E-state index in [-0.39, 0.29) is 10.6 Å². The molecular formula is C14H15N3O2. The zero-order valence-corrected chi connectivity index (χ0v) is 10.6. The van der Waals surface area contributed by atoms with E-state index >= 15 is 0 Å². The number of nitro benzene ring substituents is 1. The van der Waals surface area contributed by atoms with Crippen molar-refractivity contribution in [3.8, 4) is 0 Å². The topological polar surface area (TPSA) is 67.2 Å². The zero-order chi connectivity index (χ0) is 13.7. The van der Waals surface area contributed by atoms with Crippen LogP contribution in [0.25, 0.3) is 0 Å². The Bertz CT molecular complexity index is 570. The summed E-state index contributed by atoms with van der Waals surface area (Å²) in [6, 6.07) is 14.9. The molecule has 2 rings (SSSR count). The molecule has 2 aromatic carbocycles. The Labute approximate surface area is 111 Å². The third-order valence-corrected chi connectivity index (χ3v) is 2.77. The number of benzene rings is 2. The minimum Gasteiger partial charge on any atom is -0.321 e. The summed E-state index contributed by atoms with van der Waals surface area (Å²) < 4.78 is 0. The van der Waals surface area contributed by atoms with Crippen LogP contribution in [0.3, 0.4) is 0 Å². The summed E-state index contributed by atoms with van der Waals surface area (Å²) in [7, 11) is 0. The third-order valence-electron chi connectivity index (χ3n) is 2.77. The highest BCUT2D eigenvalue weighted by Crippen LogP contribution is 2.19. The fourth-order valence-electron chi connectivity index (χ4n) is 1.73. The highest BCUT2D eigenvalue weighted by molar-refractivity contribution is 5.43. The molecule has 0 bridgehead atoms. The molecule has 5 heteroatoms. The number of aryl methyl sites for hydroxylation is 1. The number of para-hydroxylation sites is 1. The first-order valence-corrected chi connectivity index (χ1v) is 5.94. The number of hydrogen-bond acceptors (Lipinski definition) is 4. The lowest BCUT2D eigenvalue weighted by Gasteiger charge is -2.08. The van der Waals surface area contributed by atoms with E-state index in [1.807, 2.05) is 36.4 Å². The second-order valence-electron chi connectivity index (χ2n) is 4.22. The highest BCUT2D eigenvalue weighted by Gasteiger charge is 2.10. The van der Waals surface area contributed by atoms with Gasteiger partial charge in [0.25, 0.3) is 5.69 Å². The maximum absolute atomic E-state index is 10.8. The number of nitrogens with zero attached hydrogens (tertiary/aromatic N) is 1. The van der Waals surface area contributed by atoms with Crippen LogP contribution in [-0.2, 0) is 6.54 Å². The molecule has 0 saturated heterocycles. The molecule has 0 saturated carbocycles. The van der Waals surface area contributed by atoms with Crippen molar-refractivity contribution in [1.29, 1.82) is 0 Å². The quantitative estimate of drug-likeness (QED) is 0.638.